The lowest BCUT2D eigenvalue weighted by atomic mass is 9.81. The molecule has 0 unspecified atom stereocenters. The van der Waals surface area contributed by atoms with Gasteiger partial charge in [-0.25, -0.2) is 4.79 Å². The minimum absolute atomic E-state index is 0.0398. The molecule has 0 saturated carbocycles. The first-order chi connectivity index (χ1) is 17.0. The number of esters is 1. The van der Waals surface area contributed by atoms with Crippen molar-refractivity contribution in [3.05, 3.63) is 73.9 Å². The first-order valence-electron chi connectivity index (χ1n) is 12.1. The summed E-state index contributed by atoms with van der Waals surface area (Å²) in [6.07, 6.45) is 0. The van der Waals surface area contributed by atoms with Crippen LogP contribution in [0.4, 0.5) is 5.69 Å². The highest BCUT2D eigenvalue weighted by atomic mass is 32.2. The third-order valence-electron chi connectivity index (χ3n) is 6.47. The van der Waals surface area contributed by atoms with E-state index in [2.05, 4.69) is 26.0 Å². The fraction of sp³-hybridized carbons (Fsp3) is 0.345. The maximum absolute atomic E-state index is 13.5. The van der Waals surface area contributed by atoms with E-state index >= 15 is 0 Å². The highest BCUT2D eigenvalue weighted by Gasteiger charge is 2.46. The number of carbonyl (C=O) groups excluding carboxylic acids is 2. The van der Waals surface area contributed by atoms with Crippen molar-refractivity contribution in [2.24, 2.45) is 5.92 Å². The molecule has 1 amide bonds. The largest absolute Gasteiger partial charge is 0.462 e. The van der Waals surface area contributed by atoms with Crippen LogP contribution >= 0.6 is 35.7 Å². The summed E-state index contributed by atoms with van der Waals surface area (Å²) < 4.78 is 6.36. The van der Waals surface area contributed by atoms with Gasteiger partial charge in [0.25, 0.3) is 0 Å². The number of nitrogens with zero attached hydrogens (tertiary/aromatic N) is 1. The normalized spacial score (nSPS) is 19.1. The van der Waals surface area contributed by atoms with E-state index in [-0.39, 0.29) is 17.8 Å². The van der Waals surface area contributed by atoms with Crippen molar-refractivity contribution in [2.45, 2.75) is 54.0 Å². The summed E-state index contributed by atoms with van der Waals surface area (Å²) in [5, 5.41) is 0. The van der Waals surface area contributed by atoms with E-state index in [9.17, 15) is 9.59 Å². The van der Waals surface area contributed by atoms with Gasteiger partial charge in [0.2, 0.25) is 5.91 Å². The summed E-state index contributed by atoms with van der Waals surface area (Å²) in [5.41, 5.74) is 5.21. The van der Waals surface area contributed by atoms with E-state index in [0.717, 1.165) is 42.7 Å². The Bertz CT molecular complexity index is 1320. The smallest absolute Gasteiger partial charge is 0.346 e. The molecular weight excluding hydrogens is 507 g/mol. The van der Waals surface area contributed by atoms with Crippen molar-refractivity contribution in [1.29, 1.82) is 0 Å². The average Bonchev–Trinajstić information content (AvgIpc) is 3.27. The van der Waals surface area contributed by atoms with Crippen molar-refractivity contribution in [2.75, 3.05) is 11.5 Å². The van der Waals surface area contributed by atoms with Crippen molar-refractivity contribution >= 4 is 68.6 Å². The van der Waals surface area contributed by atoms with Crippen LogP contribution in [-0.4, -0.2) is 28.9 Å². The van der Waals surface area contributed by atoms with Gasteiger partial charge >= 0.3 is 5.97 Å². The maximum Gasteiger partial charge on any atom is 0.346 e. The third-order valence-corrected chi connectivity index (χ3v) is 9.81. The van der Waals surface area contributed by atoms with Crippen LogP contribution in [0.1, 0.15) is 56.9 Å². The molecule has 2 aliphatic heterocycles. The lowest BCUT2D eigenvalue weighted by Gasteiger charge is -2.46. The van der Waals surface area contributed by atoms with Gasteiger partial charge in [-0.3, -0.25) is 4.79 Å². The molecule has 7 heteroatoms. The van der Waals surface area contributed by atoms with E-state index < -0.39 is 5.54 Å². The fourth-order valence-electron chi connectivity index (χ4n) is 4.38. The maximum atomic E-state index is 13.5. The minimum atomic E-state index is -0.714. The standard InChI is InChI=1S/C29H31NO3S3/c1-8-33-27(32)24-23(19-12-10-9-11-13-19)35-28(36-24)22-20-14-17(4)18(5)15-21(20)30(26(31)16(2)3)29(6,7)25(22)34/h9-16H,8H2,1-7H3/b28-22-. The predicted octanol–water partition coefficient (Wildman–Crippen LogP) is 7.54. The molecular formula is C29H31NO3S3. The van der Waals surface area contributed by atoms with Gasteiger partial charge in [-0.15, -0.1) is 0 Å². The Balaban J connectivity index is 1.95. The zero-order valence-corrected chi connectivity index (χ0v) is 24.2. The molecule has 0 atom stereocenters. The van der Waals surface area contributed by atoms with Crippen molar-refractivity contribution < 1.29 is 14.3 Å². The Morgan fingerprint density at radius 1 is 1.06 bits per heavy atom. The van der Waals surface area contributed by atoms with Gasteiger partial charge in [0.1, 0.15) is 4.91 Å². The molecule has 188 valence electrons. The molecule has 0 saturated heterocycles. The number of hydrogen-bond acceptors (Lipinski definition) is 6. The predicted molar refractivity (Wildman–Crippen MR) is 157 cm³/mol. The summed E-state index contributed by atoms with van der Waals surface area (Å²) >= 11 is 9.11. The van der Waals surface area contributed by atoms with Gasteiger partial charge in [0, 0.05) is 22.0 Å². The fourth-order valence-corrected chi connectivity index (χ4v) is 7.51. The van der Waals surface area contributed by atoms with E-state index in [1.54, 1.807) is 11.8 Å². The number of aryl methyl sites for hydroxylation is 2. The summed E-state index contributed by atoms with van der Waals surface area (Å²) in [5.74, 6) is -0.465. The van der Waals surface area contributed by atoms with Crippen LogP contribution in [0.5, 0.6) is 0 Å². The van der Waals surface area contributed by atoms with Gasteiger partial charge in [0.15, 0.2) is 0 Å². The number of rotatable bonds is 4. The molecule has 0 fully saturated rings. The van der Waals surface area contributed by atoms with E-state index in [1.165, 1.54) is 11.8 Å². The Labute approximate surface area is 227 Å². The van der Waals surface area contributed by atoms with E-state index in [1.807, 2.05) is 69.9 Å². The highest BCUT2D eigenvalue weighted by Crippen LogP contribution is 2.58. The number of amides is 1. The number of carbonyl (C=O) groups is 2. The molecule has 2 aromatic carbocycles. The topological polar surface area (TPSA) is 46.6 Å². The van der Waals surface area contributed by atoms with Crippen molar-refractivity contribution in [3.8, 4) is 0 Å². The van der Waals surface area contributed by atoms with Gasteiger partial charge in [-0.2, -0.15) is 0 Å². The van der Waals surface area contributed by atoms with Crippen molar-refractivity contribution in [3.63, 3.8) is 0 Å². The highest BCUT2D eigenvalue weighted by molar-refractivity contribution is 8.32. The lowest BCUT2D eigenvalue weighted by molar-refractivity contribution is -0.137. The quantitative estimate of drug-likeness (QED) is 0.228. The number of thioether (sulfide) groups is 2. The summed E-state index contributed by atoms with van der Waals surface area (Å²) in [6.45, 7) is 14.1. The van der Waals surface area contributed by atoms with Crippen LogP contribution in [-0.2, 0) is 14.3 Å². The Morgan fingerprint density at radius 2 is 1.69 bits per heavy atom. The van der Waals surface area contributed by atoms with Gasteiger partial charge in [0.05, 0.1) is 26.9 Å². The van der Waals surface area contributed by atoms with Crippen LogP contribution in [0.3, 0.4) is 0 Å². The van der Waals surface area contributed by atoms with Gasteiger partial charge in [-0.05, 0) is 63.4 Å². The molecule has 36 heavy (non-hydrogen) atoms. The first kappa shape index (κ1) is 26.7. The number of fused-ring (bicyclic) bond motifs is 1. The average molecular weight is 538 g/mol. The Kier molecular flexibility index (Phi) is 7.56. The molecule has 0 spiro atoms. The van der Waals surface area contributed by atoms with Gasteiger partial charge < -0.3 is 9.64 Å². The second kappa shape index (κ2) is 10.2. The molecule has 0 bridgehead atoms. The monoisotopic (exact) mass is 537 g/mol. The Hall–Kier alpha value is -2.35. The number of benzene rings is 2. The second-order valence-electron chi connectivity index (χ2n) is 9.78. The summed E-state index contributed by atoms with van der Waals surface area (Å²) in [7, 11) is 0. The van der Waals surface area contributed by atoms with Crippen LogP contribution < -0.4 is 4.90 Å². The van der Waals surface area contributed by atoms with Crippen molar-refractivity contribution in [1.82, 2.24) is 0 Å². The zero-order valence-electron chi connectivity index (χ0n) is 21.7. The van der Waals surface area contributed by atoms with E-state index in [0.29, 0.717) is 16.4 Å². The lowest BCUT2D eigenvalue weighted by Crippen LogP contribution is -2.57. The molecule has 2 heterocycles. The molecule has 2 aliphatic rings. The minimum Gasteiger partial charge on any atom is -0.462 e. The SMILES string of the molecule is CCOC(=O)C1=C(c2ccccc2)S/C(=C2/C(=S)C(C)(C)N(C(=O)C(C)C)c3cc(C)c(C)cc32)S1. The summed E-state index contributed by atoms with van der Waals surface area (Å²) in [4.78, 5) is 30.5. The number of ether oxygens (including phenoxy) is 1. The van der Waals surface area contributed by atoms with Crippen LogP contribution in [0, 0.1) is 19.8 Å². The van der Waals surface area contributed by atoms with Crippen LogP contribution in [0.25, 0.3) is 10.5 Å². The molecule has 4 nitrogen and oxygen atoms in total. The third kappa shape index (κ3) is 4.57. The van der Waals surface area contributed by atoms with E-state index in [4.69, 9.17) is 17.0 Å². The number of thiocarbonyl (C=S) groups is 1. The number of anilines is 1. The second-order valence-corrected chi connectivity index (χ2v) is 12.5. The van der Waals surface area contributed by atoms with Crippen LogP contribution in [0.15, 0.2) is 51.6 Å². The molecule has 0 radical (unpaired) electrons. The number of hydrogen-bond donors (Lipinski definition) is 0. The van der Waals surface area contributed by atoms with Gasteiger partial charge in [-0.1, -0.05) is 79.9 Å². The molecule has 0 N–H and O–H groups in total. The van der Waals surface area contributed by atoms with Crippen LogP contribution in [0.2, 0.25) is 0 Å². The molecule has 2 aromatic rings. The zero-order chi connectivity index (χ0) is 26.4. The molecule has 4 rings (SSSR count). The summed E-state index contributed by atoms with van der Waals surface area (Å²) in [6, 6.07) is 14.1. The molecule has 0 aromatic heterocycles. The Morgan fingerprint density at radius 3 is 2.31 bits per heavy atom. The molecule has 0 aliphatic carbocycles. The first-order valence-corrected chi connectivity index (χ1v) is 14.1.